The van der Waals surface area contributed by atoms with E-state index in [-0.39, 0.29) is 12.5 Å². The molecule has 0 aromatic rings. The molecule has 1 rings (SSSR count). The first-order chi connectivity index (χ1) is 6.88. The first-order valence-corrected chi connectivity index (χ1v) is 5.12. The Kier molecular flexibility index (Phi) is 3.34. The van der Waals surface area contributed by atoms with Crippen molar-refractivity contribution < 1.29 is 14.7 Å². The van der Waals surface area contributed by atoms with Crippen molar-refractivity contribution in [1.29, 1.82) is 0 Å². The van der Waals surface area contributed by atoms with E-state index in [4.69, 9.17) is 5.73 Å². The summed E-state index contributed by atoms with van der Waals surface area (Å²) in [6.07, 6.45) is 0.591. The fraction of sp³-hybridized carbons (Fsp3) is 0.800. The van der Waals surface area contributed by atoms with Gasteiger partial charge in [0, 0.05) is 6.54 Å². The normalized spacial score (nSPS) is 27.1. The van der Waals surface area contributed by atoms with Crippen molar-refractivity contribution in [3.8, 4) is 0 Å². The van der Waals surface area contributed by atoms with E-state index in [0.29, 0.717) is 19.5 Å². The fourth-order valence-corrected chi connectivity index (χ4v) is 2.16. The molecule has 1 amide bonds. The van der Waals surface area contributed by atoms with Crippen LogP contribution in [0, 0.1) is 11.3 Å². The van der Waals surface area contributed by atoms with Crippen molar-refractivity contribution in [3.05, 3.63) is 0 Å². The van der Waals surface area contributed by atoms with Crippen LogP contribution in [0.3, 0.4) is 0 Å². The number of nitrogens with two attached hydrogens (primary N) is 1. The lowest BCUT2D eigenvalue weighted by Crippen LogP contribution is -2.41. The molecule has 15 heavy (non-hydrogen) atoms. The number of rotatable bonds is 4. The van der Waals surface area contributed by atoms with Gasteiger partial charge in [-0.25, -0.2) is 0 Å². The number of aliphatic carboxylic acids is 1. The first kappa shape index (κ1) is 12.0. The average molecular weight is 214 g/mol. The van der Waals surface area contributed by atoms with Gasteiger partial charge in [-0.1, -0.05) is 13.8 Å². The highest BCUT2D eigenvalue weighted by Gasteiger charge is 2.47. The largest absolute Gasteiger partial charge is 0.481 e. The molecular formula is C10H18N2O3. The highest BCUT2D eigenvalue weighted by Crippen LogP contribution is 2.37. The molecule has 0 aromatic heterocycles. The molecule has 0 aromatic carbocycles. The minimum absolute atomic E-state index is 0.0628. The number of hydrogen-bond donors (Lipinski definition) is 2. The maximum atomic E-state index is 11.3. The third-order valence-electron chi connectivity index (χ3n) is 3.29. The van der Waals surface area contributed by atoms with Gasteiger partial charge >= 0.3 is 5.97 Å². The third-order valence-corrected chi connectivity index (χ3v) is 3.29. The van der Waals surface area contributed by atoms with E-state index in [1.807, 2.05) is 18.7 Å². The van der Waals surface area contributed by atoms with Gasteiger partial charge in [0.1, 0.15) is 0 Å². The second kappa shape index (κ2) is 4.18. The van der Waals surface area contributed by atoms with Crippen molar-refractivity contribution in [2.75, 3.05) is 19.6 Å². The number of carbonyl (C=O) groups is 2. The van der Waals surface area contributed by atoms with Gasteiger partial charge in [0.05, 0.1) is 12.0 Å². The smallest absolute Gasteiger partial charge is 0.311 e. The summed E-state index contributed by atoms with van der Waals surface area (Å²) in [5.41, 5.74) is 4.37. The van der Waals surface area contributed by atoms with E-state index in [9.17, 15) is 14.7 Å². The Morgan fingerprint density at radius 2 is 2.13 bits per heavy atom. The minimum atomic E-state index is -0.774. The summed E-state index contributed by atoms with van der Waals surface area (Å²) in [5.74, 6) is -1.11. The predicted octanol–water partition coefficient (Wildman–Crippen LogP) is -0.0956. The molecule has 1 saturated heterocycles. The van der Waals surface area contributed by atoms with Crippen LogP contribution in [-0.2, 0) is 9.59 Å². The highest BCUT2D eigenvalue weighted by molar-refractivity contribution is 5.78. The summed E-state index contributed by atoms with van der Waals surface area (Å²) in [7, 11) is 0. The Morgan fingerprint density at radius 1 is 1.53 bits per heavy atom. The molecule has 0 spiro atoms. The lowest BCUT2D eigenvalue weighted by molar-refractivity contribution is -0.151. The molecule has 1 fully saturated rings. The number of amides is 1. The molecule has 0 saturated carbocycles. The fourth-order valence-electron chi connectivity index (χ4n) is 2.16. The zero-order chi connectivity index (χ0) is 11.6. The molecule has 3 N–H and O–H groups in total. The molecule has 0 aliphatic carbocycles. The van der Waals surface area contributed by atoms with Crippen LogP contribution in [0.25, 0.3) is 0 Å². The lowest BCUT2D eigenvalue weighted by atomic mass is 9.76. The number of likely N-dealkylation sites (tertiary alicyclic amines) is 1. The predicted molar refractivity (Wildman–Crippen MR) is 55.2 cm³/mol. The molecule has 1 aliphatic heterocycles. The van der Waals surface area contributed by atoms with Crippen LogP contribution in [-0.4, -0.2) is 41.5 Å². The van der Waals surface area contributed by atoms with Crippen molar-refractivity contribution in [2.45, 2.75) is 20.3 Å². The number of carboxylic acid groups (broad SMARTS) is 1. The number of primary amides is 1. The lowest BCUT2D eigenvalue weighted by Gasteiger charge is -2.28. The van der Waals surface area contributed by atoms with Crippen molar-refractivity contribution in [2.24, 2.45) is 17.1 Å². The summed E-state index contributed by atoms with van der Waals surface area (Å²) in [4.78, 5) is 23.8. The second-order valence-corrected chi connectivity index (χ2v) is 4.54. The standard InChI is InChI=1S/C10H18N2O3/c1-7(2)10(9(14)15)3-4-12(6-10)5-8(11)13/h7H,3-6H2,1-2H3,(H2,11,13)(H,14,15). The molecule has 1 aliphatic rings. The van der Waals surface area contributed by atoms with Crippen LogP contribution in [0.4, 0.5) is 0 Å². The van der Waals surface area contributed by atoms with Crippen LogP contribution >= 0.6 is 0 Å². The van der Waals surface area contributed by atoms with E-state index in [2.05, 4.69) is 0 Å². The summed E-state index contributed by atoms with van der Waals surface area (Å²) < 4.78 is 0. The molecular weight excluding hydrogens is 196 g/mol. The minimum Gasteiger partial charge on any atom is -0.481 e. The van der Waals surface area contributed by atoms with Crippen LogP contribution in [0.5, 0.6) is 0 Å². The van der Waals surface area contributed by atoms with Gasteiger partial charge < -0.3 is 10.8 Å². The van der Waals surface area contributed by atoms with E-state index in [1.165, 1.54) is 0 Å². The van der Waals surface area contributed by atoms with Gasteiger partial charge in [-0.2, -0.15) is 0 Å². The van der Waals surface area contributed by atoms with Crippen LogP contribution < -0.4 is 5.73 Å². The topological polar surface area (TPSA) is 83.6 Å². The van der Waals surface area contributed by atoms with Gasteiger partial charge in [0.25, 0.3) is 0 Å². The highest BCUT2D eigenvalue weighted by atomic mass is 16.4. The number of nitrogens with zero attached hydrogens (tertiary/aromatic N) is 1. The molecule has 0 radical (unpaired) electrons. The van der Waals surface area contributed by atoms with Gasteiger partial charge in [0.15, 0.2) is 0 Å². The molecule has 0 bridgehead atoms. The molecule has 86 valence electrons. The second-order valence-electron chi connectivity index (χ2n) is 4.54. The monoisotopic (exact) mass is 214 g/mol. The van der Waals surface area contributed by atoms with Gasteiger partial charge in [-0.15, -0.1) is 0 Å². The summed E-state index contributed by atoms with van der Waals surface area (Å²) in [6.45, 7) is 5.02. The zero-order valence-corrected chi connectivity index (χ0v) is 9.19. The first-order valence-electron chi connectivity index (χ1n) is 5.12. The van der Waals surface area contributed by atoms with Crippen LogP contribution in [0.2, 0.25) is 0 Å². The number of hydrogen-bond acceptors (Lipinski definition) is 3. The molecule has 1 heterocycles. The van der Waals surface area contributed by atoms with E-state index >= 15 is 0 Å². The zero-order valence-electron chi connectivity index (χ0n) is 9.19. The van der Waals surface area contributed by atoms with Crippen LogP contribution in [0.15, 0.2) is 0 Å². The maximum Gasteiger partial charge on any atom is 0.311 e. The number of carbonyl (C=O) groups excluding carboxylic acids is 1. The average Bonchev–Trinajstić information content (AvgIpc) is 2.48. The summed E-state index contributed by atoms with van der Waals surface area (Å²) in [6, 6.07) is 0. The van der Waals surface area contributed by atoms with E-state index < -0.39 is 17.3 Å². The quantitative estimate of drug-likeness (QED) is 0.684. The Bertz CT molecular complexity index is 278. The Hall–Kier alpha value is -1.10. The Balaban J connectivity index is 2.72. The van der Waals surface area contributed by atoms with Gasteiger partial charge in [-0.05, 0) is 18.9 Å². The van der Waals surface area contributed by atoms with E-state index in [0.717, 1.165) is 0 Å². The molecule has 1 atom stereocenters. The Morgan fingerprint density at radius 3 is 2.47 bits per heavy atom. The van der Waals surface area contributed by atoms with Gasteiger partial charge in [-0.3, -0.25) is 14.5 Å². The van der Waals surface area contributed by atoms with Crippen molar-refractivity contribution in [3.63, 3.8) is 0 Å². The Labute approximate surface area is 89.2 Å². The molecule has 1 unspecified atom stereocenters. The third kappa shape index (κ3) is 2.28. The molecule has 5 nitrogen and oxygen atoms in total. The van der Waals surface area contributed by atoms with E-state index in [1.54, 1.807) is 0 Å². The van der Waals surface area contributed by atoms with Crippen LogP contribution in [0.1, 0.15) is 20.3 Å². The summed E-state index contributed by atoms with van der Waals surface area (Å²) in [5, 5.41) is 9.24. The van der Waals surface area contributed by atoms with Gasteiger partial charge in [0.2, 0.25) is 5.91 Å². The maximum absolute atomic E-state index is 11.3. The van der Waals surface area contributed by atoms with Crippen molar-refractivity contribution >= 4 is 11.9 Å². The number of carboxylic acids is 1. The SMILES string of the molecule is CC(C)C1(C(=O)O)CCN(CC(N)=O)C1. The molecule has 5 heteroatoms. The van der Waals surface area contributed by atoms with Crippen molar-refractivity contribution in [1.82, 2.24) is 4.90 Å². The summed E-state index contributed by atoms with van der Waals surface area (Å²) >= 11 is 0.